The first-order valence-corrected chi connectivity index (χ1v) is 6.52. The van der Waals surface area contributed by atoms with Crippen LogP contribution in [0.5, 0.6) is 0 Å². The van der Waals surface area contributed by atoms with Gasteiger partial charge in [0.15, 0.2) is 0 Å². The van der Waals surface area contributed by atoms with Crippen LogP contribution in [0, 0.1) is 0 Å². The fourth-order valence-electron chi connectivity index (χ4n) is 2.27. The molecule has 0 spiro atoms. The van der Waals surface area contributed by atoms with Crippen LogP contribution < -0.4 is 10.2 Å². The highest BCUT2D eigenvalue weighted by molar-refractivity contribution is 5.41. The van der Waals surface area contributed by atoms with Crippen molar-refractivity contribution >= 4 is 11.8 Å². The van der Waals surface area contributed by atoms with Crippen molar-refractivity contribution in [1.29, 1.82) is 0 Å². The van der Waals surface area contributed by atoms with Crippen LogP contribution >= 0.6 is 0 Å². The molecule has 1 aliphatic carbocycles. The Hall–Kier alpha value is -1.32. The van der Waals surface area contributed by atoms with Gasteiger partial charge in [0.1, 0.15) is 5.82 Å². The van der Waals surface area contributed by atoms with E-state index in [2.05, 4.69) is 15.3 Å². The first-order valence-electron chi connectivity index (χ1n) is 6.52. The second-order valence-electron chi connectivity index (χ2n) is 4.97. The number of rotatable bonds is 3. The molecule has 1 aliphatic rings. The van der Waals surface area contributed by atoms with E-state index in [1.807, 2.05) is 31.3 Å². The van der Waals surface area contributed by atoms with E-state index in [1.165, 1.54) is 38.5 Å². The molecule has 0 radical (unpaired) electrons. The predicted molar refractivity (Wildman–Crippen MR) is 71.5 cm³/mol. The molecule has 1 heterocycles. The number of hydrogen-bond donors (Lipinski definition) is 1. The van der Waals surface area contributed by atoms with Crippen molar-refractivity contribution in [2.75, 3.05) is 24.3 Å². The van der Waals surface area contributed by atoms with E-state index in [9.17, 15) is 0 Å². The first-order chi connectivity index (χ1) is 8.25. The third kappa shape index (κ3) is 3.58. The van der Waals surface area contributed by atoms with Gasteiger partial charge in [-0.2, -0.15) is 4.98 Å². The quantitative estimate of drug-likeness (QED) is 0.816. The molecule has 0 amide bonds. The standard InChI is InChI=1S/C13H22N4/c1-17(2)12-9-10-14-13(16-12)15-11-7-5-3-4-6-8-11/h9-11H,3-8H2,1-2H3,(H,14,15,16). The van der Waals surface area contributed by atoms with Crippen LogP contribution in [-0.4, -0.2) is 30.1 Å². The smallest absolute Gasteiger partial charge is 0.224 e. The number of nitrogens with zero attached hydrogens (tertiary/aromatic N) is 3. The Kier molecular flexibility index (Phi) is 4.18. The molecule has 1 saturated carbocycles. The van der Waals surface area contributed by atoms with E-state index in [1.54, 1.807) is 0 Å². The summed E-state index contributed by atoms with van der Waals surface area (Å²) < 4.78 is 0. The van der Waals surface area contributed by atoms with E-state index in [0.29, 0.717) is 6.04 Å². The Morgan fingerprint density at radius 2 is 1.88 bits per heavy atom. The van der Waals surface area contributed by atoms with Gasteiger partial charge in [-0.1, -0.05) is 25.7 Å². The maximum Gasteiger partial charge on any atom is 0.224 e. The van der Waals surface area contributed by atoms with Gasteiger partial charge in [0.2, 0.25) is 5.95 Å². The first kappa shape index (κ1) is 12.1. The van der Waals surface area contributed by atoms with Gasteiger partial charge in [0.25, 0.3) is 0 Å². The molecule has 94 valence electrons. The zero-order valence-electron chi connectivity index (χ0n) is 10.8. The topological polar surface area (TPSA) is 41.1 Å². The zero-order valence-corrected chi connectivity index (χ0v) is 10.8. The molecule has 1 N–H and O–H groups in total. The molecule has 1 fully saturated rings. The molecule has 0 saturated heterocycles. The SMILES string of the molecule is CN(C)c1ccnc(NC2CCCCCC2)n1. The Labute approximate surface area is 103 Å². The second-order valence-corrected chi connectivity index (χ2v) is 4.97. The largest absolute Gasteiger partial charge is 0.363 e. The van der Waals surface area contributed by atoms with E-state index in [4.69, 9.17) is 0 Å². The lowest BCUT2D eigenvalue weighted by Gasteiger charge is -2.17. The number of hydrogen-bond acceptors (Lipinski definition) is 4. The van der Waals surface area contributed by atoms with Crippen molar-refractivity contribution in [2.45, 2.75) is 44.6 Å². The lowest BCUT2D eigenvalue weighted by molar-refractivity contribution is 0.615. The highest BCUT2D eigenvalue weighted by atomic mass is 15.2. The molecule has 2 rings (SSSR count). The van der Waals surface area contributed by atoms with Crippen molar-refractivity contribution in [2.24, 2.45) is 0 Å². The number of aromatic nitrogens is 2. The summed E-state index contributed by atoms with van der Waals surface area (Å²) in [5.41, 5.74) is 0. The monoisotopic (exact) mass is 234 g/mol. The van der Waals surface area contributed by atoms with Crippen molar-refractivity contribution in [3.63, 3.8) is 0 Å². The Bertz CT molecular complexity index is 343. The molecule has 4 heteroatoms. The van der Waals surface area contributed by atoms with E-state index < -0.39 is 0 Å². The maximum atomic E-state index is 4.50. The molecule has 17 heavy (non-hydrogen) atoms. The average Bonchev–Trinajstić information content (AvgIpc) is 2.58. The minimum Gasteiger partial charge on any atom is -0.363 e. The zero-order chi connectivity index (χ0) is 12.1. The third-order valence-corrected chi connectivity index (χ3v) is 3.29. The summed E-state index contributed by atoms with van der Waals surface area (Å²) >= 11 is 0. The summed E-state index contributed by atoms with van der Waals surface area (Å²) in [5.74, 6) is 1.72. The Morgan fingerprint density at radius 3 is 2.53 bits per heavy atom. The van der Waals surface area contributed by atoms with Crippen LogP contribution in [0.3, 0.4) is 0 Å². The minimum atomic E-state index is 0.551. The molecule has 0 bridgehead atoms. The second kappa shape index (κ2) is 5.84. The van der Waals surface area contributed by atoms with Crippen LogP contribution in [0.1, 0.15) is 38.5 Å². The number of anilines is 2. The predicted octanol–water partition coefficient (Wildman–Crippen LogP) is 2.68. The fraction of sp³-hybridized carbons (Fsp3) is 0.692. The highest BCUT2D eigenvalue weighted by Gasteiger charge is 2.13. The van der Waals surface area contributed by atoms with Crippen LogP contribution in [0.4, 0.5) is 11.8 Å². The van der Waals surface area contributed by atoms with Crippen LogP contribution in [0.25, 0.3) is 0 Å². The van der Waals surface area contributed by atoms with Gasteiger partial charge in [0.05, 0.1) is 0 Å². The van der Waals surface area contributed by atoms with Crippen LogP contribution in [-0.2, 0) is 0 Å². The molecule has 4 nitrogen and oxygen atoms in total. The lowest BCUT2D eigenvalue weighted by atomic mass is 10.1. The van der Waals surface area contributed by atoms with Gasteiger partial charge in [-0.25, -0.2) is 4.98 Å². The fourth-order valence-corrected chi connectivity index (χ4v) is 2.27. The van der Waals surface area contributed by atoms with Crippen molar-refractivity contribution in [3.05, 3.63) is 12.3 Å². The van der Waals surface area contributed by atoms with Gasteiger partial charge < -0.3 is 10.2 Å². The summed E-state index contributed by atoms with van der Waals surface area (Å²) in [6, 6.07) is 2.48. The summed E-state index contributed by atoms with van der Waals surface area (Å²) in [5, 5.41) is 3.47. The van der Waals surface area contributed by atoms with Gasteiger partial charge >= 0.3 is 0 Å². The third-order valence-electron chi connectivity index (χ3n) is 3.29. The minimum absolute atomic E-state index is 0.551. The normalized spacial score (nSPS) is 17.5. The van der Waals surface area contributed by atoms with Gasteiger partial charge in [-0.05, 0) is 18.9 Å². The Balaban J connectivity index is 1.99. The van der Waals surface area contributed by atoms with Crippen LogP contribution in [0.15, 0.2) is 12.3 Å². The summed E-state index contributed by atoms with van der Waals surface area (Å²) in [6.07, 6.45) is 9.70. The molecular formula is C13H22N4. The molecule has 1 aromatic heterocycles. The van der Waals surface area contributed by atoms with E-state index >= 15 is 0 Å². The van der Waals surface area contributed by atoms with Crippen molar-refractivity contribution < 1.29 is 0 Å². The van der Waals surface area contributed by atoms with E-state index in [0.717, 1.165) is 11.8 Å². The van der Waals surface area contributed by atoms with Crippen molar-refractivity contribution in [1.82, 2.24) is 9.97 Å². The summed E-state index contributed by atoms with van der Waals surface area (Å²) in [4.78, 5) is 10.8. The van der Waals surface area contributed by atoms with Gasteiger partial charge in [-0.3, -0.25) is 0 Å². The van der Waals surface area contributed by atoms with Gasteiger partial charge in [-0.15, -0.1) is 0 Å². The molecule has 0 unspecified atom stereocenters. The van der Waals surface area contributed by atoms with Gasteiger partial charge in [0, 0.05) is 26.3 Å². The average molecular weight is 234 g/mol. The molecular weight excluding hydrogens is 212 g/mol. The van der Waals surface area contributed by atoms with Crippen LogP contribution in [0.2, 0.25) is 0 Å². The molecule has 0 atom stereocenters. The van der Waals surface area contributed by atoms with E-state index in [-0.39, 0.29) is 0 Å². The molecule has 1 aromatic rings. The Morgan fingerprint density at radius 1 is 1.18 bits per heavy atom. The summed E-state index contributed by atoms with van der Waals surface area (Å²) in [7, 11) is 4.00. The highest BCUT2D eigenvalue weighted by Crippen LogP contribution is 2.20. The summed E-state index contributed by atoms with van der Waals surface area (Å²) in [6.45, 7) is 0. The lowest BCUT2D eigenvalue weighted by Crippen LogP contribution is -2.21. The number of nitrogens with one attached hydrogen (secondary N) is 1. The van der Waals surface area contributed by atoms with Crippen molar-refractivity contribution in [3.8, 4) is 0 Å². The molecule has 0 aliphatic heterocycles. The maximum absolute atomic E-state index is 4.50. The molecule has 0 aromatic carbocycles.